The van der Waals surface area contributed by atoms with Gasteiger partial charge in [0, 0.05) is 62.9 Å². The van der Waals surface area contributed by atoms with Gasteiger partial charge in [0.1, 0.15) is 48.1 Å². The van der Waals surface area contributed by atoms with Crippen LogP contribution in [0.25, 0.3) is 10.9 Å². The number of guanidine groups is 2. The Balaban J connectivity index is 1.75. The molecule has 1 aliphatic heterocycles. The lowest BCUT2D eigenvalue weighted by atomic mass is 10.0. The van der Waals surface area contributed by atoms with E-state index in [0.29, 0.717) is 16.5 Å². The van der Waals surface area contributed by atoms with Crippen molar-refractivity contribution in [2.45, 2.75) is 108 Å². The van der Waals surface area contributed by atoms with E-state index >= 15 is 0 Å². The molecule has 1 fully saturated rings. The molecule has 19 N–H and O–H groups in total. The van der Waals surface area contributed by atoms with Gasteiger partial charge in [0.05, 0.1) is 0 Å². The Labute approximate surface area is 407 Å². The minimum absolute atomic E-state index is 0.0142. The standard InChI is InChI=1S/C45H63FN16O9/c1-23-38(66)60-33(19-25-11-13-27(46)14-12-25)41(69)59-32(10-6-18-53-45(50)51)40(68)61-34(20-26-21-54-29-8-4-3-7-28(26)29)42(70)58-30(37(47)65)15-16-36(64)55-22-35(43(71)56-23)62-39(67)31(57-24(2)63)9-5-17-52-44(48)49/h3-4,7-8,11-14,21,23,30-35,54H,5-6,9-10,15-20,22H2,1-2H3,(H2,47,65)(H,55,64)(H,56,71)(H,57,63)(H,58,70)(H,59,69)(H,60,66)(H,61,68)(H,62,67)(H4,48,49,52)(H4,50,51,53)/t23-,30+,31+,32+,33-,34+,35+/m1/s1. The number of nitrogens with two attached hydrogens (primary N) is 5. The number of hydrogen-bond acceptors (Lipinski definition) is 11. The van der Waals surface area contributed by atoms with E-state index in [2.05, 4.69) is 57.5 Å². The first-order valence-corrected chi connectivity index (χ1v) is 22.8. The van der Waals surface area contributed by atoms with Crippen molar-refractivity contribution in [3.05, 3.63) is 71.7 Å². The number of nitrogens with one attached hydrogen (secondary N) is 9. The number of nitrogens with zero attached hydrogens (tertiary/aromatic N) is 2. The predicted molar refractivity (Wildman–Crippen MR) is 258 cm³/mol. The monoisotopic (exact) mass is 990 g/mol. The van der Waals surface area contributed by atoms with Crippen LogP contribution in [-0.2, 0) is 56.0 Å². The zero-order valence-corrected chi connectivity index (χ0v) is 39.3. The molecule has 0 bridgehead atoms. The van der Waals surface area contributed by atoms with Crippen LogP contribution in [0.1, 0.15) is 63.5 Å². The Hall–Kier alpha value is -8.32. The number of rotatable bonds is 16. The number of carbonyl (C=O) groups excluding carboxylic acids is 9. The molecular formula is C45H63FN16O9. The summed E-state index contributed by atoms with van der Waals surface area (Å²) in [7, 11) is 0. The molecule has 7 atom stereocenters. The lowest BCUT2D eigenvalue weighted by Gasteiger charge is -2.27. The maximum Gasteiger partial charge on any atom is 0.245 e. The second-order valence-electron chi connectivity index (χ2n) is 16.8. The van der Waals surface area contributed by atoms with E-state index in [0.717, 1.165) is 17.6 Å². The van der Waals surface area contributed by atoms with Gasteiger partial charge in [0.2, 0.25) is 53.2 Å². The number of H-pyrrole nitrogens is 1. The first-order valence-electron chi connectivity index (χ1n) is 22.8. The van der Waals surface area contributed by atoms with E-state index in [-0.39, 0.29) is 70.0 Å². The van der Waals surface area contributed by atoms with Crippen LogP contribution in [0.15, 0.2) is 64.7 Å². The number of hydrogen-bond donors (Lipinski definition) is 14. The van der Waals surface area contributed by atoms with Gasteiger partial charge in [-0.15, -0.1) is 0 Å². The fourth-order valence-corrected chi connectivity index (χ4v) is 7.43. The molecule has 9 amide bonds. The Kier molecular flexibility index (Phi) is 21.0. The minimum Gasteiger partial charge on any atom is -0.370 e. The van der Waals surface area contributed by atoms with Crippen molar-refractivity contribution >= 4 is 76.0 Å². The van der Waals surface area contributed by atoms with E-state index in [1.54, 1.807) is 30.5 Å². The normalized spacial score (nSPS) is 21.3. The van der Waals surface area contributed by atoms with Crippen molar-refractivity contribution in [1.29, 1.82) is 0 Å². The van der Waals surface area contributed by atoms with E-state index in [4.69, 9.17) is 28.7 Å². The highest BCUT2D eigenvalue weighted by molar-refractivity contribution is 5.98. The third-order valence-electron chi connectivity index (χ3n) is 11.1. The van der Waals surface area contributed by atoms with Crippen molar-refractivity contribution in [3.8, 4) is 0 Å². The molecule has 0 saturated carbocycles. The van der Waals surface area contributed by atoms with Gasteiger partial charge in [-0.2, -0.15) is 0 Å². The number of aromatic amines is 1. The lowest BCUT2D eigenvalue weighted by Crippen LogP contribution is -2.61. The van der Waals surface area contributed by atoms with Crippen LogP contribution in [-0.4, -0.2) is 132 Å². The van der Waals surface area contributed by atoms with Gasteiger partial charge in [0.15, 0.2) is 11.9 Å². The number of halogens is 1. The number of aromatic nitrogens is 1. The minimum atomic E-state index is -1.60. The molecule has 2 aromatic carbocycles. The van der Waals surface area contributed by atoms with Crippen molar-refractivity contribution in [3.63, 3.8) is 0 Å². The predicted octanol–water partition coefficient (Wildman–Crippen LogP) is -3.97. The first-order chi connectivity index (χ1) is 33.7. The lowest BCUT2D eigenvalue weighted by molar-refractivity contribution is -0.135. The number of carbonyl (C=O) groups is 9. The number of aliphatic imine (C=N–C) groups is 2. The summed E-state index contributed by atoms with van der Waals surface area (Å²) in [5.41, 5.74) is 29.2. The van der Waals surface area contributed by atoms with Crippen LogP contribution in [0.5, 0.6) is 0 Å². The molecule has 4 rings (SSSR count). The van der Waals surface area contributed by atoms with Crippen LogP contribution in [0, 0.1) is 5.82 Å². The van der Waals surface area contributed by atoms with Gasteiger partial charge in [-0.05, 0) is 68.4 Å². The molecule has 1 saturated heterocycles. The number of para-hydroxylation sites is 1. The van der Waals surface area contributed by atoms with Crippen LogP contribution in [0.3, 0.4) is 0 Å². The van der Waals surface area contributed by atoms with Gasteiger partial charge in [-0.1, -0.05) is 30.3 Å². The van der Waals surface area contributed by atoms with Crippen LogP contribution in [0.4, 0.5) is 4.39 Å². The molecule has 1 aliphatic rings. The second kappa shape index (κ2) is 27.0. The number of benzene rings is 2. The van der Waals surface area contributed by atoms with Crippen molar-refractivity contribution in [1.82, 2.24) is 47.5 Å². The largest absolute Gasteiger partial charge is 0.370 e. The Bertz CT molecular complexity index is 2460. The van der Waals surface area contributed by atoms with Crippen LogP contribution >= 0.6 is 0 Å². The molecule has 384 valence electrons. The molecule has 0 radical (unpaired) electrons. The summed E-state index contributed by atoms with van der Waals surface area (Å²) in [5, 5.41) is 21.1. The Morgan fingerprint density at radius 2 is 1.35 bits per heavy atom. The van der Waals surface area contributed by atoms with E-state index < -0.39 is 114 Å². The summed E-state index contributed by atoms with van der Waals surface area (Å²) in [4.78, 5) is 134. The third-order valence-corrected chi connectivity index (χ3v) is 11.1. The quantitative estimate of drug-likeness (QED) is 0.0371. The van der Waals surface area contributed by atoms with Crippen molar-refractivity contribution in [2.75, 3.05) is 19.6 Å². The summed E-state index contributed by atoms with van der Waals surface area (Å²) in [6, 6.07) is 2.16. The molecular weight excluding hydrogens is 928 g/mol. The van der Waals surface area contributed by atoms with Gasteiger partial charge in [0.25, 0.3) is 0 Å². The molecule has 1 aromatic heterocycles. The maximum absolute atomic E-state index is 14.4. The number of primary amides is 1. The molecule has 0 unspecified atom stereocenters. The zero-order valence-electron chi connectivity index (χ0n) is 39.3. The number of amides is 9. The summed E-state index contributed by atoms with van der Waals surface area (Å²) in [6.45, 7) is 1.99. The van der Waals surface area contributed by atoms with Crippen LogP contribution in [0.2, 0.25) is 0 Å². The van der Waals surface area contributed by atoms with Crippen molar-refractivity contribution < 1.29 is 47.5 Å². The fraction of sp³-hybridized carbons (Fsp3) is 0.444. The SMILES string of the molecule is CC(=O)N[C@@H](CCCN=C(N)N)C(=O)N[C@H]1CNC(=O)CC[C@@H](C(N)=O)NC(=O)[C@H](Cc2c[nH]c3ccccc23)NC(=O)[C@H](CCCN=C(N)N)NC(=O)[C@@H](Cc2ccc(F)cc2)NC(=O)[C@@H](C)NC1=O. The van der Waals surface area contributed by atoms with E-state index in [9.17, 15) is 47.5 Å². The maximum atomic E-state index is 14.4. The molecule has 0 aliphatic carbocycles. The van der Waals surface area contributed by atoms with Gasteiger partial charge in [-0.25, -0.2) is 4.39 Å². The Morgan fingerprint density at radius 3 is 2.01 bits per heavy atom. The highest BCUT2D eigenvalue weighted by Crippen LogP contribution is 2.20. The smallest absolute Gasteiger partial charge is 0.245 e. The topological polar surface area (TPSA) is 420 Å². The highest BCUT2D eigenvalue weighted by Gasteiger charge is 2.34. The average Bonchev–Trinajstić information content (AvgIpc) is 3.72. The summed E-state index contributed by atoms with van der Waals surface area (Å²) < 4.78 is 14.0. The summed E-state index contributed by atoms with van der Waals surface area (Å²) in [6.07, 6.45) is 0.690. The molecule has 3 aromatic rings. The van der Waals surface area contributed by atoms with Gasteiger partial charge in [-0.3, -0.25) is 53.1 Å². The van der Waals surface area contributed by atoms with Gasteiger partial charge < -0.3 is 76.2 Å². The molecule has 26 heteroatoms. The molecule has 0 spiro atoms. The van der Waals surface area contributed by atoms with Crippen LogP contribution < -0.4 is 71.2 Å². The highest BCUT2D eigenvalue weighted by atomic mass is 19.1. The van der Waals surface area contributed by atoms with Crippen molar-refractivity contribution in [2.24, 2.45) is 38.7 Å². The third kappa shape index (κ3) is 18.3. The molecule has 2 heterocycles. The summed E-state index contributed by atoms with van der Waals surface area (Å²) >= 11 is 0. The first kappa shape index (κ1) is 55.3. The summed E-state index contributed by atoms with van der Waals surface area (Å²) in [5.74, 6) is -8.79. The molecule has 71 heavy (non-hydrogen) atoms. The number of fused-ring (bicyclic) bond motifs is 1. The zero-order chi connectivity index (χ0) is 52.2. The average molecular weight is 991 g/mol. The Morgan fingerprint density at radius 1 is 0.746 bits per heavy atom. The van der Waals surface area contributed by atoms with E-state index in [1.165, 1.54) is 26.0 Å². The fourth-order valence-electron chi connectivity index (χ4n) is 7.43. The van der Waals surface area contributed by atoms with Gasteiger partial charge >= 0.3 is 0 Å². The van der Waals surface area contributed by atoms with E-state index in [1.807, 2.05) is 0 Å². The second-order valence-corrected chi connectivity index (χ2v) is 16.8. The molecule has 25 nitrogen and oxygen atoms in total.